The molecule has 1 saturated heterocycles. The molecular weight excluding hydrogens is 222 g/mol. The molecule has 2 aliphatic rings. The lowest BCUT2D eigenvalue weighted by molar-refractivity contribution is -0.146. The Kier molecular flexibility index (Phi) is 3.99. The van der Waals surface area contributed by atoms with Crippen LogP contribution in [0, 0.1) is 5.92 Å². The van der Waals surface area contributed by atoms with Gasteiger partial charge in [-0.15, -0.1) is 0 Å². The number of carboxylic acids is 1. The summed E-state index contributed by atoms with van der Waals surface area (Å²) >= 11 is 0. The van der Waals surface area contributed by atoms with Gasteiger partial charge in [0.05, 0.1) is 12.0 Å². The number of amides is 1. The first-order valence-electron chi connectivity index (χ1n) is 6.29. The highest BCUT2D eigenvalue weighted by atomic mass is 16.5. The molecule has 1 aliphatic carbocycles. The number of hydrogen-bond acceptors (Lipinski definition) is 3. The van der Waals surface area contributed by atoms with Crippen molar-refractivity contribution < 1.29 is 19.4 Å². The number of carboxylic acid groups (broad SMARTS) is 1. The van der Waals surface area contributed by atoms with Crippen LogP contribution in [0.4, 0.5) is 0 Å². The molecule has 2 fully saturated rings. The lowest BCUT2D eigenvalue weighted by Gasteiger charge is -2.32. The van der Waals surface area contributed by atoms with E-state index < -0.39 is 5.97 Å². The van der Waals surface area contributed by atoms with Gasteiger partial charge in [0.25, 0.3) is 0 Å². The third-order valence-electron chi connectivity index (χ3n) is 3.57. The molecule has 0 aromatic carbocycles. The summed E-state index contributed by atoms with van der Waals surface area (Å²) in [6.45, 7) is 0.815. The molecule has 0 spiro atoms. The molecule has 96 valence electrons. The summed E-state index contributed by atoms with van der Waals surface area (Å²) in [5, 5.41) is 11.6. The lowest BCUT2D eigenvalue weighted by atomic mass is 9.80. The van der Waals surface area contributed by atoms with Crippen LogP contribution in [0.25, 0.3) is 0 Å². The lowest BCUT2D eigenvalue weighted by Crippen LogP contribution is -2.46. The molecule has 1 saturated carbocycles. The smallest absolute Gasteiger partial charge is 0.306 e. The molecule has 2 rings (SSSR count). The maximum absolute atomic E-state index is 11.6. The molecule has 1 amide bonds. The van der Waals surface area contributed by atoms with Crippen molar-refractivity contribution in [2.45, 2.75) is 50.7 Å². The molecule has 5 heteroatoms. The van der Waals surface area contributed by atoms with E-state index in [0.29, 0.717) is 19.3 Å². The second kappa shape index (κ2) is 5.49. The summed E-state index contributed by atoms with van der Waals surface area (Å²) in [4.78, 5) is 22.1. The minimum Gasteiger partial charge on any atom is -0.481 e. The number of ether oxygens (including phenoxy) is 1. The van der Waals surface area contributed by atoms with Gasteiger partial charge in [-0.05, 0) is 32.1 Å². The molecule has 0 aromatic heterocycles. The zero-order valence-corrected chi connectivity index (χ0v) is 9.85. The average molecular weight is 241 g/mol. The fraction of sp³-hybridized carbons (Fsp3) is 0.833. The molecule has 5 nitrogen and oxygen atoms in total. The van der Waals surface area contributed by atoms with Gasteiger partial charge >= 0.3 is 5.97 Å². The predicted molar refractivity (Wildman–Crippen MR) is 60.5 cm³/mol. The molecule has 0 bridgehead atoms. The largest absolute Gasteiger partial charge is 0.481 e. The van der Waals surface area contributed by atoms with Crippen molar-refractivity contribution in [2.75, 3.05) is 6.61 Å². The standard InChI is InChI=1S/C12H19NO4/c14-11(4-3-10-2-1-5-17-10)13-9-6-8(7-9)12(15)16/h8-10H,1-7H2,(H,13,14)(H,15,16). The maximum Gasteiger partial charge on any atom is 0.306 e. The van der Waals surface area contributed by atoms with Gasteiger partial charge in [-0.2, -0.15) is 0 Å². The van der Waals surface area contributed by atoms with Gasteiger partial charge in [0.1, 0.15) is 0 Å². The highest BCUT2D eigenvalue weighted by Crippen LogP contribution is 2.27. The Morgan fingerprint density at radius 2 is 2.12 bits per heavy atom. The Morgan fingerprint density at radius 3 is 2.71 bits per heavy atom. The SMILES string of the molecule is O=C(CCC1CCCO1)NC1CC(C(=O)O)C1. The van der Waals surface area contributed by atoms with E-state index >= 15 is 0 Å². The van der Waals surface area contributed by atoms with E-state index in [-0.39, 0.29) is 24.0 Å². The van der Waals surface area contributed by atoms with Crippen molar-refractivity contribution in [1.82, 2.24) is 5.32 Å². The number of aliphatic carboxylic acids is 1. The average Bonchev–Trinajstić information content (AvgIpc) is 2.72. The van der Waals surface area contributed by atoms with E-state index in [0.717, 1.165) is 25.9 Å². The second-order valence-corrected chi connectivity index (χ2v) is 4.94. The Morgan fingerprint density at radius 1 is 1.35 bits per heavy atom. The minimum absolute atomic E-state index is 0.0225. The summed E-state index contributed by atoms with van der Waals surface area (Å²) in [6.07, 6.45) is 4.79. The monoisotopic (exact) mass is 241 g/mol. The number of hydrogen-bond donors (Lipinski definition) is 2. The Bertz CT molecular complexity index is 293. The highest BCUT2D eigenvalue weighted by Gasteiger charge is 2.35. The van der Waals surface area contributed by atoms with E-state index in [1.807, 2.05) is 0 Å². The van der Waals surface area contributed by atoms with Crippen LogP contribution in [-0.2, 0) is 14.3 Å². The molecule has 1 aliphatic heterocycles. The van der Waals surface area contributed by atoms with Crippen LogP contribution in [0.15, 0.2) is 0 Å². The Hall–Kier alpha value is -1.10. The van der Waals surface area contributed by atoms with E-state index in [2.05, 4.69) is 5.32 Å². The maximum atomic E-state index is 11.6. The zero-order chi connectivity index (χ0) is 12.3. The predicted octanol–water partition coefficient (Wildman–Crippen LogP) is 0.925. The van der Waals surface area contributed by atoms with E-state index in [4.69, 9.17) is 9.84 Å². The third kappa shape index (κ3) is 3.43. The van der Waals surface area contributed by atoms with E-state index in [1.165, 1.54) is 0 Å². The second-order valence-electron chi connectivity index (χ2n) is 4.94. The molecule has 1 atom stereocenters. The van der Waals surface area contributed by atoms with Crippen molar-refractivity contribution in [3.05, 3.63) is 0 Å². The Labute approximate surface area is 101 Å². The minimum atomic E-state index is -0.755. The molecular formula is C12H19NO4. The van der Waals surface area contributed by atoms with E-state index in [1.54, 1.807) is 0 Å². The topological polar surface area (TPSA) is 75.6 Å². The number of nitrogens with one attached hydrogen (secondary N) is 1. The van der Waals surface area contributed by atoms with Gasteiger partial charge in [-0.25, -0.2) is 0 Å². The van der Waals surface area contributed by atoms with Crippen molar-refractivity contribution in [1.29, 1.82) is 0 Å². The summed E-state index contributed by atoms with van der Waals surface area (Å²) in [5.74, 6) is -0.998. The van der Waals surface area contributed by atoms with Gasteiger partial charge in [-0.3, -0.25) is 9.59 Å². The highest BCUT2D eigenvalue weighted by molar-refractivity contribution is 5.77. The van der Waals surface area contributed by atoms with Crippen LogP contribution >= 0.6 is 0 Å². The van der Waals surface area contributed by atoms with Crippen LogP contribution in [0.5, 0.6) is 0 Å². The fourth-order valence-electron chi connectivity index (χ4n) is 2.40. The van der Waals surface area contributed by atoms with Crippen LogP contribution in [-0.4, -0.2) is 35.7 Å². The quantitative estimate of drug-likeness (QED) is 0.750. The normalized spacial score (nSPS) is 31.9. The third-order valence-corrected chi connectivity index (χ3v) is 3.57. The van der Waals surface area contributed by atoms with Crippen molar-refractivity contribution in [3.63, 3.8) is 0 Å². The zero-order valence-electron chi connectivity index (χ0n) is 9.85. The van der Waals surface area contributed by atoms with Crippen LogP contribution in [0.1, 0.15) is 38.5 Å². The number of carbonyl (C=O) groups excluding carboxylic acids is 1. The summed E-state index contributed by atoms with van der Waals surface area (Å²) in [6, 6.07) is 0.0631. The van der Waals surface area contributed by atoms with Gasteiger partial charge in [0.2, 0.25) is 5.91 Å². The van der Waals surface area contributed by atoms with Gasteiger partial charge < -0.3 is 15.2 Å². The molecule has 0 aromatic rings. The van der Waals surface area contributed by atoms with Gasteiger partial charge in [0.15, 0.2) is 0 Å². The first-order chi connectivity index (χ1) is 8.15. The summed E-state index contributed by atoms with van der Waals surface area (Å²) in [5.41, 5.74) is 0. The van der Waals surface area contributed by atoms with E-state index in [9.17, 15) is 9.59 Å². The molecule has 1 heterocycles. The first-order valence-corrected chi connectivity index (χ1v) is 6.29. The van der Waals surface area contributed by atoms with Crippen LogP contribution in [0.2, 0.25) is 0 Å². The van der Waals surface area contributed by atoms with Crippen LogP contribution < -0.4 is 5.32 Å². The van der Waals surface area contributed by atoms with Crippen molar-refractivity contribution in [2.24, 2.45) is 5.92 Å². The van der Waals surface area contributed by atoms with Gasteiger partial charge in [-0.1, -0.05) is 0 Å². The van der Waals surface area contributed by atoms with Gasteiger partial charge in [0, 0.05) is 19.1 Å². The molecule has 2 N–H and O–H groups in total. The Balaban J connectivity index is 1.57. The van der Waals surface area contributed by atoms with Crippen LogP contribution in [0.3, 0.4) is 0 Å². The van der Waals surface area contributed by atoms with Crippen molar-refractivity contribution in [3.8, 4) is 0 Å². The van der Waals surface area contributed by atoms with Crippen molar-refractivity contribution >= 4 is 11.9 Å². The molecule has 1 unspecified atom stereocenters. The number of rotatable bonds is 5. The number of carbonyl (C=O) groups is 2. The summed E-state index contributed by atoms with van der Waals surface area (Å²) in [7, 11) is 0. The first kappa shape index (κ1) is 12.4. The fourth-order valence-corrected chi connectivity index (χ4v) is 2.40. The molecule has 17 heavy (non-hydrogen) atoms. The molecule has 0 radical (unpaired) electrons. The summed E-state index contributed by atoms with van der Waals surface area (Å²) < 4.78 is 5.44.